The minimum atomic E-state index is 0.705. The molecule has 0 bridgehead atoms. The molecular weight excluding hydrogens is 230 g/mol. The summed E-state index contributed by atoms with van der Waals surface area (Å²) in [5.41, 5.74) is 8.28. The van der Waals surface area contributed by atoms with Crippen molar-refractivity contribution >= 4 is 16.5 Å². The predicted octanol–water partition coefficient (Wildman–Crippen LogP) is 2.28. The lowest BCUT2D eigenvalue weighted by Crippen LogP contribution is -2.29. The van der Waals surface area contributed by atoms with E-state index in [-0.39, 0.29) is 0 Å². The number of benzene rings is 1. The molecule has 1 aromatic carbocycles. The molecule has 1 aliphatic rings. The van der Waals surface area contributed by atoms with Gasteiger partial charge >= 0.3 is 0 Å². The third-order valence-corrected chi connectivity index (χ3v) is 4.06. The highest BCUT2D eigenvalue weighted by Crippen LogP contribution is 2.26. The predicted molar refractivity (Wildman–Crippen MR) is 70.8 cm³/mol. The van der Waals surface area contributed by atoms with E-state index < -0.39 is 0 Å². The normalized spacial score (nSPS) is 15.8. The third kappa shape index (κ3) is 2.33. The fraction of sp³-hybridized carbons (Fsp3) is 0.308. The summed E-state index contributed by atoms with van der Waals surface area (Å²) < 4.78 is 0. The van der Waals surface area contributed by atoms with Crippen molar-refractivity contribution in [1.82, 2.24) is 9.88 Å². The van der Waals surface area contributed by atoms with Crippen molar-refractivity contribution in [2.24, 2.45) is 0 Å². The molecule has 1 aromatic heterocycles. The highest BCUT2D eigenvalue weighted by atomic mass is 32.1. The van der Waals surface area contributed by atoms with Crippen LogP contribution in [0.5, 0.6) is 0 Å². The number of nitrogens with two attached hydrogens (primary N) is 1. The number of hydrogen-bond donors (Lipinski definition) is 1. The first-order chi connectivity index (χ1) is 8.31. The molecule has 0 radical (unpaired) electrons. The van der Waals surface area contributed by atoms with E-state index in [2.05, 4.69) is 40.2 Å². The molecule has 88 valence electrons. The van der Waals surface area contributed by atoms with Gasteiger partial charge in [-0.25, -0.2) is 4.98 Å². The number of anilines is 1. The first kappa shape index (κ1) is 10.7. The van der Waals surface area contributed by atoms with Crippen LogP contribution in [0.25, 0.3) is 0 Å². The first-order valence-corrected chi connectivity index (χ1v) is 6.63. The number of thiazole rings is 1. The van der Waals surface area contributed by atoms with E-state index in [1.807, 2.05) is 0 Å². The van der Waals surface area contributed by atoms with Gasteiger partial charge in [0.15, 0.2) is 5.13 Å². The fourth-order valence-electron chi connectivity index (χ4n) is 2.25. The zero-order chi connectivity index (χ0) is 11.7. The second-order valence-electron chi connectivity index (χ2n) is 4.37. The number of fused-ring (bicyclic) bond motifs is 1. The highest BCUT2D eigenvalue weighted by molar-refractivity contribution is 7.15. The average molecular weight is 245 g/mol. The van der Waals surface area contributed by atoms with Crippen molar-refractivity contribution in [3.05, 3.63) is 46.5 Å². The van der Waals surface area contributed by atoms with Gasteiger partial charge in [-0.1, -0.05) is 30.3 Å². The summed E-state index contributed by atoms with van der Waals surface area (Å²) in [4.78, 5) is 8.19. The molecule has 0 amide bonds. The lowest BCUT2D eigenvalue weighted by Gasteiger charge is -2.25. The van der Waals surface area contributed by atoms with Gasteiger partial charge in [0.2, 0.25) is 0 Å². The Hall–Kier alpha value is -1.39. The Bertz CT molecular complexity index is 507. The summed E-state index contributed by atoms with van der Waals surface area (Å²) in [7, 11) is 0. The van der Waals surface area contributed by atoms with Crippen LogP contribution in [0.3, 0.4) is 0 Å². The molecule has 0 saturated heterocycles. The standard InChI is InChI=1S/C13H15N3S/c14-13-15-11-9-16(7-6-12(11)17-13)8-10-4-2-1-3-5-10/h1-5H,6-9H2,(H2,14,15). The number of rotatable bonds is 2. The van der Waals surface area contributed by atoms with Gasteiger partial charge in [-0.3, -0.25) is 4.90 Å². The minimum absolute atomic E-state index is 0.705. The topological polar surface area (TPSA) is 42.1 Å². The molecule has 0 spiro atoms. The maximum absolute atomic E-state index is 5.75. The van der Waals surface area contributed by atoms with E-state index in [4.69, 9.17) is 5.73 Å². The average Bonchev–Trinajstić information content (AvgIpc) is 2.70. The molecule has 0 fully saturated rings. The smallest absolute Gasteiger partial charge is 0.180 e. The van der Waals surface area contributed by atoms with Crippen LogP contribution in [0.4, 0.5) is 5.13 Å². The third-order valence-electron chi connectivity index (χ3n) is 3.07. The lowest BCUT2D eigenvalue weighted by molar-refractivity contribution is 0.244. The van der Waals surface area contributed by atoms with Gasteiger partial charge in [0.05, 0.1) is 5.69 Å². The molecule has 2 heterocycles. The van der Waals surface area contributed by atoms with Crippen molar-refractivity contribution in [3.63, 3.8) is 0 Å². The molecular formula is C13H15N3S. The van der Waals surface area contributed by atoms with E-state index >= 15 is 0 Å². The Kier molecular flexibility index (Phi) is 2.82. The van der Waals surface area contributed by atoms with E-state index in [1.54, 1.807) is 11.3 Å². The summed E-state index contributed by atoms with van der Waals surface area (Å²) in [5, 5.41) is 0.705. The summed E-state index contributed by atoms with van der Waals surface area (Å²) in [5.74, 6) is 0. The number of nitrogens with zero attached hydrogens (tertiary/aromatic N) is 2. The Morgan fingerprint density at radius 1 is 1.29 bits per heavy atom. The van der Waals surface area contributed by atoms with Gasteiger partial charge in [-0.2, -0.15) is 0 Å². The zero-order valence-corrected chi connectivity index (χ0v) is 10.4. The summed E-state index contributed by atoms with van der Waals surface area (Å²) in [6.07, 6.45) is 1.08. The highest BCUT2D eigenvalue weighted by Gasteiger charge is 2.19. The molecule has 17 heavy (non-hydrogen) atoms. The van der Waals surface area contributed by atoms with Gasteiger partial charge in [-0.15, -0.1) is 11.3 Å². The van der Waals surface area contributed by atoms with E-state index in [0.29, 0.717) is 5.13 Å². The van der Waals surface area contributed by atoms with Crippen molar-refractivity contribution in [2.45, 2.75) is 19.5 Å². The molecule has 0 aliphatic carbocycles. The molecule has 1 aliphatic heterocycles. The lowest BCUT2D eigenvalue weighted by atomic mass is 10.1. The molecule has 0 atom stereocenters. The van der Waals surface area contributed by atoms with Gasteiger partial charge in [0.1, 0.15) is 0 Å². The maximum Gasteiger partial charge on any atom is 0.180 e. The monoisotopic (exact) mass is 245 g/mol. The van der Waals surface area contributed by atoms with Gasteiger partial charge in [0, 0.05) is 24.5 Å². The summed E-state index contributed by atoms with van der Waals surface area (Å²) in [6.45, 7) is 3.03. The van der Waals surface area contributed by atoms with Crippen LogP contribution in [0.15, 0.2) is 30.3 Å². The largest absolute Gasteiger partial charge is 0.375 e. The quantitative estimate of drug-likeness (QED) is 0.882. The van der Waals surface area contributed by atoms with Crippen molar-refractivity contribution in [2.75, 3.05) is 12.3 Å². The molecule has 2 aromatic rings. The van der Waals surface area contributed by atoms with Crippen LogP contribution >= 0.6 is 11.3 Å². The van der Waals surface area contributed by atoms with Crippen LogP contribution in [-0.4, -0.2) is 16.4 Å². The van der Waals surface area contributed by atoms with Crippen LogP contribution in [0, 0.1) is 0 Å². The van der Waals surface area contributed by atoms with Gasteiger partial charge in [-0.05, 0) is 12.0 Å². The SMILES string of the molecule is Nc1nc2c(s1)CCN(Cc1ccccc1)C2. The Morgan fingerprint density at radius 3 is 2.94 bits per heavy atom. The van der Waals surface area contributed by atoms with Crippen molar-refractivity contribution < 1.29 is 0 Å². The minimum Gasteiger partial charge on any atom is -0.375 e. The molecule has 4 heteroatoms. The molecule has 3 rings (SSSR count). The van der Waals surface area contributed by atoms with Crippen molar-refractivity contribution in [3.8, 4) is 0 Å². The van der Waals surface area contributed by atoms with Gasteiger partial charge < -0.3 is 5.73 Å². The molecule has 0 unspecified atom stereocenters. The first-order valence-electron chi connectivity index (χ1n) is 5.81. The molecule has 3 nitrogen and oxygen atoms in total. The Morgan fingerprint density at radius 2 is 2.12 bits per heavy atom. The van der Waals surface area contributed by atoms with Crippen molar-refractivity contribution in [1.29, 1.82) is 0 Å². The fourth-order valence-corrected chi connectivity index (χ4v) is 3.08. The molecule has 0 saturated carbocycles. The van der Waals surface area contributed by atoms with Crippen LogP contribution < -0.4 is 5.73 Å². The van der Waals surface area contributed by atoms with Crippen LogP contribution in [0.2, 0.25) is 0 Å². The van der Waals surface area contributed by atoms with Gasteiger partial charge in [0.25, 0.3) is 0 Å². The van der Waals surface area contributed by atoms with E-state index in [0.717, 1.165) is 26.1 Å². The Labute approximate surface area is 105 Å². The number of hydrogen-bond acceptors (Lipinski definition) is 4. The second kappa shape index (κ2) is 4.47. The van der Waals surface area contributed by atoms with E-state index in [1.165, 1.54) is 16.1 Å². The summed E-state index contributed by atoms with van der Waals surface area (Å²) >= 11 is 1.64. The number of aromatic nitrogens is 1. The van der Waals surface area contributed by atoms with E-state index in [9.17, 15) is 0 Å². The van der Waals surface area contributed by atoms with Crippen LogP contribution in [-0.2, 0) is 19.5 Å². The maximum atomic E-state index is 5.75. The zero-order valence-electron chi connectivity index (χ0n) is 9.60. The molecule has 2 N–H and O–H groups in total. The van der Waals surface area contributed by atoms with Crippen LogP contribution in [0.1, 0.15) is 16.1 Å². The summed E-state index contributed by atoms with van der Waals surface area (Å²) in [6, 6.07) is 10.6. The number of nitrogen functional groups attached to an aromatic ring is 1. The second-order valence-corrected chi connectivity index (χ2v) is 5.48. The Balaban J connectivity index is 1.72.